The number of hydrogen-bond acceptors (Lipinski definition) is 9. The molecule has 0 aliphatic heterocycles. The minimum absolute atomic E-state index is 0.0919. The second-order valence-corrected chi connectivity index (χ2v) is 12.0. The smallest absolute Gasteiger partial charge is 0.315 e. The standard InChI is InChI=1S/C22H24FN5O5S3/c1-13(2)12-33-17-10-14(23)7-8-15(17)26-19(29)20(30)28-22-27-16(11-25-36(3,31)32)21(35-22)34-18-6-4-5-9-24-18/h4-10,13,25H,11-12H2,1-3H3,(H,26,29)(H,27,28,30). The van der Waals surface area contributed by atoms with E-state index in [-0.39, 0.29) is 29.0 Å². The first kappa shape index (κ1) is 27.5. The summed E-state index contributed by atoms with van der Waals surface area (Å²) in [7, 11) is -3.49. The molecular weight excluding hydrogens is 529 g/mol. The molecule has 14 heteroatoms. The van der Waals surface area contributed by atoms with E-state index >= 15 is 0 Å². The van der Waals surface area contributed by atoms with Gasteiger partial charge in [0.25, 0.3) is 0 Å². The van der Waals surface area contributed by atoms with Crippen molar-refractivity contribution in [3.8, 4) is 5.75 Å². The number of hydrogen-bond donors (Lipinski definition) is 3. The lowest BCUT2D eigenvalue weighted by Gasteiger charge is -2.13. The molecule has 192 valence electrons. The SMILES string of the molecule is CC(C)COc1cc(F)ccc1NC(=O)C(=O)Nc1nc(CNS(C)(=O)=O)c(Sc2ccccn2)s1. The number of halogens is 1. The van der Waals surface area contributed by atoms with Crippen LogP contribution in [0.25, 0.3) is 0 Å². The van der Waals surface area contributed by atoms with E-state index in [1.165, 1.54) is 17.8 Å². The minimum Gasteiger partial charge on any atom is -0.491 e. The number of ether oxygens (including phenoxy) is 1. The van der Waals surface area contributed by atoms with E-state index in [0.717, 1.165) is 29.7 Å². The van der Waals surface area contributed by atoms with Gasteiger partial charge in [0.05, 0.1) is 35.0 Å². The van der Waals surface area contributed by atoms with Crippen molar-refractivity contribution in [3.63, 3.8) is 0 Å². The highest BCUT2D eigenvalue weighted by Crippen LogP contribution is 2.36. The number of nitrogens with zero attached hydrogens (tertiary/aromatic N) is 2. The van der Waals surface area contributed by atoms with Crippen molar-refractivity contribution in [1.82, 2.24) is 14.7 Å². The molecule has 0 aliphatic rings. The van der Waals surface area contributed by atoms with E-state index in [2.05, 4.69) is 25.3 Å². The van der Waals surface area contributed by atoms with E-state index in [9.17, 15) is 22.4 Å². The summed E-state index contributed by atoms with van der Waals surface area (Å²) in [6.07, 6.45) is 2.63. The molecule has 3 aromatic rings. The summed E-state index contributed by atoms with van der Waals surface area (Å²) in [5.41, 5.74) is 0.500. The zero-order valence-corrected chi connectivity index (χ0v) is 22.0. The Kier molecular flexibility index (Phi) is 9.37. The Morgan fingerprint density at radius 2 is 1.92 bits per heavy atom. The topological polar surface area (TPSA) is 139 Å². The molecule has 2 heterocycles. The minimum atomic E-state index is -3.49. The number of sulfonamides is 1. The number of anilines is 2. The molecule has 2 amide bonds. The third-order valence-corrected chi connectivity index (χ3v) is 7.04. The van der Waals surface area contributed by atoms with Crippen LogP contribution in [0, 0.1) is 11.7 Å². The van der Waals surface area contributed by atoms with Gasteiger partial charge in [-0.2, -0.15) is 0 Å². The number of pyridine rings is 1. The quantitative estimate of drug-likeness (QED) is 0.324. The molecule has 2 aromatic heterocycles. The van der Waals surface area contributed by atoms with Crippen LogP contribution in [-0.4, -0.2) is 43.1 Å². The van der Waals surface area contributed by atoms with E-state index in [0.29, 0.717) is 21.5 Å². The zero-order chi connectivity index (χ0) is 26.3. The number of rotatable bonds is 10. The fraction of sp³-hybridized carbons (Fsp3) is 0.273. The number of amides is 2. The van der Waals surface area contributed by atoms with Crippen molar-refractivity contribution in [2.75, 3.05) is 23.5 Å². The van der Waals surface area contributed by atoms with Gasteiger partial charge in [0, 0.05) is 12.3 Å². The third kappa shape index (κ3) is 8.55. The number of thiazole rings is 1. The number of benzene rings is 1. The Hall–Kier alpha value is -3.07. The molecule has 36 heavy (non-hydrogen) atoms. The number of carbonyl (C=O) groups is 2. The Morgan fingerprint density at radius 3 is 2.58 bits per heavy atom. The summed E-state index contributed by atoms with van der Waals surface area (Å²) < 4.78 is 45.2. The Labute approximate surface area is 216 Å². The van der Waals surface area contributed by atoms with Crippen molar-refractivity contribution in [1.29, 1.82) is 0 Å². The maximum atomic E-state index is 13.7. The lowest BCUT2D eigenvalue weighted by molar-refractivity contribution is -0.133. The highest BCUT2D eigenvalue weighted by Gasteiger charge is 2.21. The average molecular weight is 554 g/mol. The van der Waals surface area contributed by atoms with Crippen LogP contribution >= 0.6 is 23.1 Å². The van der Waals surface area contributed by atoms with Crippen molar-refractivity contribution in [2.24, 2.45) is 5.92 Å². The number of carbonyl (C=O) groups excluding carboxylic acids is 2. The highest BCUT2D eigenvalue weighted by atomic mass is 32.2. The molecular formula is C22H24FN5O5S3. The Bertz CT molecular complexity index is 1330. The fourth-order valence-electron chi connectivity index (χ4n) is 2.59. The largest absolute Gasteiger partial charge is 0.491 e. The van der Waals surface area contributed by atoms with Gasteiger partial charge in [0.2, 0.25) is 10.0 Å². The summed E-state index contributed by atoms with van der Waals surface area (Å²) in [6, 6.07) is 8.89. The molecule has 3 rings (SSSR count). The summed E-state index contributed by atoms with van der Waals surface area (Å²) in [6.45, 7) is 4.01. The summed E-state index contributed by atoms with van der Waals surface area (Å²) >= 11 is 2.31. The first-order chi connectivity index (χ1) is 17.0. The number of nitrogens with one attached hydrogen (secondary N) is 3. The molecule has 0 atom stereocenters. The van der Waals surface area contributed by atoms with E-state index in [1.54, 1.807) is 24.4 Å². The van der Waals surface area contributed by atoms with Gasteiger partial charge in [-0.1, -0.05) is 43.0 Å². The molecule has 1 aromatic carbocycles. The molecule has 0 fully saturated rings. The summed E-state index contributed by atoms with van der Waals surface area (Å²) in [5, 5.41) is 5.57. The second kappa shape index (κ2) is 12.3. The van der Waals surface area contributed by atoms with Gasteiger partial charge >= 0.3 is 11.8 Å². The molecule has 0 saturated carbocycles. The Balaban J connectivity index is 1.74. The van der Waals surface area contributed by atoms with Crippen LogP contribution in [0.15, 0.2) is 51.8 Å². The second-order valence-electron chi connectivity index (χ2n) is 7.87. The molecule has 3 N–H and O–H groups in total. The molecule has 0 spiro atoms. The maximum absolute atomic E-state index is 13.7. The number of aromatic nitrogens is 2. The first-order valence-electron chi connectivity index (χ1n) is 10.6. The molecule has 0 unspecified atom stereocenters. The lowest BCUT2D eigenvalue weighted by atomic mass is 10.2. The molecule has 0 bridgehead atoms. The van der Waals surface area contributed by atoms with Crippen LogP contribution in [0.4, 0.5) is 15.2 Å². The molecule has 0 radical (unpaired) electrons. The fourth-order valence-corrected chi connectivity index (χ4v) is 5.05. The normalized spacial score (nSPS) is 11.4. The maximum Gasteiger partial charge on any atom is 0.315 e. The van der Waals surface area contributed by atoms with Crippen LogP contribution in [0.5, 0.6) is 5.75 Å². The van der Waals surface area contributed by atoms with Crippen LogP contribution in [0.3, 0.4) is 0 Å². The van der Waals surface area contributed by atoms with Crippen molar-refractivity contribution in [2.45, 2.75) is 29.6 Å². The first-order valence-corrected chi connectivity index (χ1v) is 14.1. The van der Waals surface area contributed by atoms with Gasteiger partial charge in [-0.25, -0.2) is 27.5 Å². The summed E-state index contributed by atoms with van der Waals surface area (Å²) in [4.78, 5) is 33.6. The van der Waals surface area contributed by atoms with Crippen molar-refractivity contribution < 1.29 is 27.1 Å². The van der Waals surface area contributed by atoms with Gasteiger partial charge in [-0.3, -0.25) is 14.9 Å². The van der Waals surface area contributed by atoms with E-state index < -0.39 is 27.7 Å². The molecule has 0 saturated heterocycles. The highest BCUT2D eigenvalue weighted by molar-refractivity contribution is 8.01. The van der Waals surface area contributed by atoms with Gasteiger partial charge in [0.15, 0.2) is 5.13 Å². The predicted molar refractivity (Wildman–Crippen MR) is 136 cm³/mol. The molecule has 0 aliphatic carbocycles. The Morgan fingerprint density at radius 1 is 1.17 bits per heavy atom. The van der Waals surface area contributed by atoms with Crippen LogP contribution in [0.2, 0.25) is 0 Å². The average Bonchev–Trinajstić information content (AvgIpc) is 3.18. The van der Waals surface area contributed by atoms with Crippen LogP contribution < -0.4 is 20.1 Å². The van der Waals surface area contributed by atoms with Gasteiger partial charge < -0.3 is 10.1 Å². The van der Waals surface area contributed by atoms with Crippen molar-refractivity contribution in [3.05, 3.63) is 54.1 Å². The van der Waals surface area contributed by atoms with Crippen LogP contribution in [0.1, 0.15) is 19.5 Å². The van der Waals surface area contributed by atoms with Crippen LogP contribution in [-0.2, 0) is 26.2 Å². The van der Waals surface area contributed by atoms with E-state index in [1.807, 2.05) is 13.8 Å². The molecule has 10 nitrogen and oxygen atoms in total. The third-order valence-electron chi connectivity index (χ3n) is 4.19. The monoisotopic (exact) mass is 553 g/mol. The van der Waals surface area contributed by atoms with Crippen molar-refractivity contribution >= 4 is 55.8 Å². The zero-order valence-electron chi connectivity index (χ0n) is 19.6. The van der Waals surface area contributed by atoms with Gasteiger partial charge in [-0.05, 0) is 30.2 Å². The summed E-state index contributed by atoms with van der Waals surface area (Å²) in [5.74, 6) is -2.31. The lowest BCUT2D eigenvalue weighted by Crippen LogP contribution is -2.29. The van der Waals surface area contributed by atoms with Gasteiger partial charge in [0.1, 0.15) is 16.6 Å². The van der Waals surface area contributed by atoms with Gasteiger partial charge in [-0.15, -0.1) is 0 Å². The predicted octanol–water partition coefficient (Wildman–Crippen LogP) is 3.49. The van der Waals surface area contributed by atoms with E-state index in [4.69, 9.17) is 4.74 Å².